The summed E-state index contributed by atoms with van der Waals surface area (Å²) in [5, 5.41) is 0. The number of rotatable bonds is 2. The van der Waals surface area contributed by atoms with Crippen molar-refractivity contribution in [1.29, 1.82) is 0 Å². The highest BCUT2D eigenvalue weighted by Gasteiger charge is 2.10. The van der Waals surface area contributed by atoms with Crippen LogP contribution in [-0.4, -0.2) is 4.98 Å². The molecule has 0 amide bonds. The number of anilines is 1. The van der Waals surface area contributed by atoms with E-state index in [0.29, 0.717) is 11.3 Å². The molecule has 0 aliphatic heterocycles. The molecule has 1 heterocycles. The van der Waals surface area contributed by atoms with Crippen LogP contribution in [0.1, 0.15) is 5.56 Å². The van der Waals surface area contributed by atoms with Gasteiger partial charge in [0.1, 0.15) is 5.82 Å². The van der Waals surface area contributed by atoms with E-state index in [-0.39, 0.29) is 11.6 Å². The average Bonchev–Trinajstić information content (AvgIpc) is 2.26. The predicted molar refractivity (Wildman–Crippen MR) is 59.8 cm³/mol. The molecule has 1 aromatic carbocycles. The highest BCUT2D eigenvalue weighted by atomic mass is 19.1. The number of nitrogens with zero attached hydrogens (tertiary/aromatic N) is 1. The smallest absolute Gasteiger partial charge is 0.219 e. The van der Waals surface area contributed by atoms with Crippen molar-refractivity contribution >= 4 is 5.69 Å². The Balaban J connectivity index is 2.33. The van der Waals surface area contributed by atoms with E-state index < -0.39 is 11.6 Å². The van der Waals surface area contributed by atoms with Crippen molar-refractivity contribution in [1.82, 2.24) is 4.98 Å². The van der Waals surface area contributed by atoms with Crippen LogP contribution >= 0.6 is 0 Å². The Hall–Kier alpha value is -2.17. The highest BCUT2D eigenvalue weighted by Crippen LogP contribution is 2.28. The van der Waals surface area contributed by atoms with Gasteiger partial charge in [0.15, 0.2) is 11.6 Å². The third-order valence-corrected chi connectivity index (χ3v) is 2.16. The zero-order valence-corrected chi connectivity index (χ0v) is 9.08. The number of hydrogen-bond donors (Lipinski definition) is 1. The van der Waals surface area contributed by atoms with Crippen LogP contribution in [-0.2, 0) is 0 Å². The fraction of sp³-hybridized carbons (Fsp3) is 0.0833. The van der Waals surface area contributed by atoms with Crippen molar-refractivity contribution in [2.45, 2.75) is 6.92 Å². The van der Waals surface area contributed by atoms with Crippen LogP contribution < -0.4 is 10.5 Å². The van der Waals surface area contributed by atoms with Gasteiger partial charge in [0.2, 0.25) is 5.88 Å². The fourth-order valence-electron chi connectivity index (χ4n) is 1.41. The molecule has 2 rings (SSSR count). The Morgan fingerprint density at radius 1 is 1.24 bits per heavy atom. The van der Waals surface area contributed by atoms with Crippen LogP contribution in [0.15, 0.2) is 30.5 Å². The summed E-state index contributed by atoms with van der Waals surface area (Å²) in [5.41, 5.74) is 6.35. The molecule has 2 aromatic rings. The van der Waals surface area contributed by atoms with Crippen molar-refractivity contribution in [2.24, 2.45) is 0 Å². The Morgan fingerprint density at radius 2 is 2.00 bits per heavy atom. The molecule has 0 unspecified atom stereocenters. The lowest BCUT2D eigenvalue weighted by Gasteiger charge is -2.09. The van der Waals surface area contributed by atoms with Gasteiger partial charge in [-0.2, -0.15) is 0 Å². The second-order valence-electron chi connectivity index (χ2n) is 3.57. The van der Waals surface area contributed by atoms with Crippen LogP contribution in [0.5, 0.6) is 11.6 Å². The van der Waals surface area contributed by atoms with Gasteiger partial charge in [-0.25, -0.2) is 13.8 Å². The molecular formula is C12H10F2N2O. The molecule has 0 spiro atoms. The van der Waals surface area contributed by atoms with Crippen LogP contribution in [0.3, 0.4) is 0 Å². The first-order chi connectivity index (χ1) is 8.06. The molecular weight excluding hydrogens is 226 g/mol. The zero-order valence-electron chi connectivity index (χ0n) is 9.08. The van der Waals surface area contributed by atoms with E-state index in [0.717, 1.165) is 12.3 Å². The Kier molecular flexibility index (Phi) is 2.91. The van der Waals surface area contributed by atoms with Crippen molar-refractivity contribution in [2.75, 3.05) is 5.73 Å². The van der Waals surface area contributed by atoms with Crippen molar-refractivity contribution in [3.8, 4) is 11.6 Å². The monoisotopic (exact) mass is 236 g/mol. The van der Waals surface area contributed by atoms with Crippen molar-refractivity contribution in [3.05, 3.63) is 47.7 Å². The molecule has 0 aliphatic rings. The number of ether oxygens (including phenoxy) is 1. The van der Waals surface area contributed by atoms with Gasteiger partial charge in [-0.05, 0) is 24.6 Å². The second kappa shape index (κ2) is 4.37. The lowest BCUT2D eigenvalue weighted by atomic mass is 10.2. The molecule has 2 N–H and O–H groups in total. The van der Waals surface area contributed by atoms with Gasteiger partial charge in [0.05, 0.1) is 6.20 Å². The molecule has 1 aromatic heterocycles. The first-order valence-electron chi connectivity index (χ1n) is 4.91. The molecule has 88 valence electrons. The molecule has 5 heteroatoms. The minimum atomic E-state index is -0.575. The topological polar surface area (TPSA) is 48.1 Å². The Bertz CT molecular complexity index is 518. The molecule has 0 saturated carbocycles. The van der Waals surface area contributed by atoms with Gasteiger partial charge in [-0.3, -0.25) is 0 Å². The summed E-state index contributed by atoms with van der Waals surface area (Å²) in [6, 6.07) is 5.26. The predicted octanol–water partition coefficient (Wildman–Crippen LogP) is 3.04. The number of nitrogen functional groups attached to an aromatic ring is 1. The van der Waals surface area contributed by atoms with E-state index in [2.05, 4.69) is 4.98 Å². The number of aryl methyl sites for hydroxylation is 1. The number of pyridine rings is 1. The van der Waals surface area contributed by atoms with Gasteiger partial charge in [-0.15, -0.1) is 0 Å². The third kappa shape index (κ3) is 2.50. The van der Waals surface area contributed by atoms with E-state index >= 15 is 0 Å². The first kappa shape index (κ1) is 11.3. The van der Waals surface area contributed by atoms with Crippen LogP contribution in [0.25, 0.3) is 0 Å². The summed E-state index contributed by atoms with van der Waals surface area (Å²) >= 11 is 0. The van der Waals surface area contributed by atoms with Gasteiger partial charge >= 0.3 is 0 Å². The standard InChI is InChI=1S/C12H10F2N2O/c1-7-4-9(15)5-10(14)12(7)17-11-3-2-8(13)6-16-11/h2-6H,15H2,1H3. The maximum Gasteiger partial charge on any atom is 0.219 e. The van der Waals surface area contributed by atoms with E-state index in [1.54, 1.807) is 13.0 Å². The molecule has 0 saturated heterocycles. The van der Waals surface area contributed by atoms with Gasteiger partial charge in [0.25, 0.3) is 0 Å². The minimum Gasteiger partial charge on any atom is -0.436 e. The number of aromatic nitrogens is 1. The molecule has 0 atom stereocenters. The van der Waals surface area contributed by atoms with Gasteiger partial charge in [-0.1, -0.05) is 0 Å². The molecule has 0 bridgehead atoms. The second-order valence-corrected chi connectivity index (χ2v) is 3.57. The molecule has 3 nitrogen and oxygen atoms in total. The molecule has 17 heavy (non-hydrogen) atoms. The number of halogens is 2. The molecule has 0 aliphatic carbocycles. The Labute approximate surface area is 96.9 Å². The average molecular weight is 236 g/mol. The fourth-order valence-corrected chi connectivity index (χ4v) is 1.41. The van der Waals surface area contributed by atoms with Crippen molar-refractivity contribution < 1.29 is 13.5 Å². The third-order valence-electron chi connectivity index (χ3n) is 2.16. The summed E-state index contributed by atoms with van der Waals surface area (Å²) in [4.78, 5) is 3.68. The van der Waals surface area contributed by atoms with Crippen LogP contribution in [0, 0.1) is 18.6 Å². The molecule has 0 fully saturated rings. The number of nitrogens with two attached hydrogens (primary N) is 1. The summed E-state index contributed by atoms with van der Waals surface area (Å²) in [6.07, 6.45) is 1.000. The summed E-state index contributed by atoms with van der Waals surface area (Å²) in [5.74, 6) is -0.892. The van der Waals surface area contributed by atoms with Crippen LogP contribution in [0.4, 0.5) is 14.5 Å². The largest absolute Gasteiger partial charge is 0.436 e. The molecule has 0 radical (unpaired) electrons. The SMILES string of the molecule is Cc1cc(N)cc(F)c1Oc1ccc(F)cn1. The highest BCUT2D eigenvalue weighted by molar-refractivity contribution is 5.49. The quantitative estimate of drug-likeness (QED) is 0.815. The van der Waals surface area contributed by atoms with Crippen LogP contribution in [0.2, 0.25) is 0 Å². The Morgan fingerprint density at radius 3 is 2.59 bits per heavy atom. The minimum absolute atomic E-state index is 0.0401. The van der Waals surface area contributed by atoms with Gasteiger partial charge < -0.3 is 10.5 Å². The maximum absolute atomic E-state index is 13.6. The normalized spacial score (nSPS) is 10.3. The van der Waals surface area contributed by atoms with Crippen molar-refractivity contribution in [3.63, 3.8) is 0 Å². The van der Waals surface area contributed by atoms with E-state index in [1.807, 2.05) is 0 Å². The summed E-state index contributed by atoms with van der Waals surface area (Å²) in [6.45, 7) is 1.66. The number of benzene rings is 1. The van der Waals surface area contributed by atoms with Gasteiger partial charge in [0, 0.05) is 17.8 Å². The summed E-state index contributed by atoms with van der Waals surface area (Å²) < 4.78 is 31.4. The first-order valence-corrected chi connectivity index (χ1v) is 4.91. The maximum atomic E-state index is 13.6. The zero-order chi connectivity index (χ0) is 12.4. The summed E-state index contributed by atoms with van der Waals surface area (Å²) in [7, 11) is 0. The van der Waals surface area contributed by atoms with E-state index in [1.165, 1.54) is 12.1 Å². The van der Waals surface area contributed by atoms with E-state index in [9.17, 15) is 8.78 Å². The lowest BCUT2D eigenvalue weighted by molar-refractivity contribution is 0.422. The lowest BCUT2D eigenvalue weighted by Crippen LogP contribution is -1.96. The van der Waals surface area contributed by atoms with E-state index in [4.69, 9.17) is 10.5 Å². The number of hydrogen-bond acceptors (Lipinski definition) is 3.